The van der Waals surface area contributed by atoms with Gasteiger partial charge in [0.25, 0.3) is 11.8 Å². The van der Waals surface area contributed by atoms with Crippen molar-refractivity contribution in [3.05, 3.63) is 65.0 Å². The number of methoxy groups -OCH3 is 1. The third-order valence-electron chi connectivity index (χ3n) is 5.41. The Balaban J connectivity index is 1.47. The smallest absolute Gasteiger partial charge is 0.267 e. The van der Waals surface area contributed by atoms with Gasteiger partial charge in [-0.3, -0.25) is 25.8 Å². The zero-order valence-electron chi connectivity index (χ0n) is 19.2. The number of amides is 2. The summed E-state index contributed by atoms with van der Waals surface area (Å²) < 4.78 is 18.9. The summed E-state index contributed by atoms with van der Waals surface area (Å²) in [6, 6.07) is 11.4. The van der Waals surface area contributed by atoms with E-state index < -0.39 is 17.6 Å². The summed E-state index contributed by atoms with van der Waals surface area (Å²) in [5.41, 5.74) is 2.61. The molecule has 2 aromatic rings. The van der Waals surface area contributed by atoms with Gasteiger partial charge in [-0.05, 0) is 35.7 Å². The highest BCUT2D eigenvalue weighted by Gasteiger charge is 2.27. The molecule has 0 aromatic heterocycles. The van der Waals surface area contributed by atoms with E-state index in [2.05, 4.69) is 22.5 Å². The van der Waals surface area contributed by atoms with Crippen molar-refractivity contribution < 1.29 is 18.7 Å². The molecule has 2 aromatic carbocycles. The van der Waals surface area contributed by atoms with Crippen LogP contribution in [0.3, 0.4) is 0 Å². The van der Waals surface area contributed by atoms with Crippen LogP contribution < -0.4 is 21.2 Å². The number of nitrogens with two attached hydrogens (primary N) is 1. The highest BCUT2D eigenvalue weighted by Crippen LogP contribution is 2.21. The second-order valence-corrected chi connectivity index (χ2v) is 7.86. The number of nitrogens with one attached hydrogen (secondary N) is 3. The fraction of sp³-hybridized carbons (Fsp3) is 0.333. The summed E-state index contributed by atoms with van der Waals surface area (Å²) in [4.78, 5) is 29.0. The van der Waals surface area contributed by atoms with Crippen molar-refractivity contribution in [3.8, 4) is 5.75 Å². The third kappa shape index (κ3) is 6.69. The first-order chi connectivity index (χ1) is 16.3. The van der Waals surface area contributed by atoms with Crippen molar-refractivity contribution in [2.75, 3.05) is 33.3 Å². The van der Waals surface area contributed by atoms with E-state index in [4.69, 9.17) is 16.0 Å². The number of ether oxygens (including phenoxy) is 1. The molecule has 0 fully saturated rings. The molecule has 0 aliphatic carbocycles. The van der Waals surface area contributed by atoms with Crippen LogP contribution in [0, 0.1) is 11.2 Å². The van der Waals surface area contributed by atoms with Crippen LogP contribution in [-0.4, -0.2) is 61.5 Å². The molecule has 10 heteroatoms. The Kier molecular flexibility index (Phi) is 8.44. The summed E-state index contributed by atoms with van der Waals surface area (Å²) >= 11 is 0. The largest absolute Gasteiger partial charge is 0.497 e. The Morgan fingerprint density at radius 1 is 1.26 bits per heavy atom. The maximum absolute atomic E-state index is 13.9. The van der Waals surface area contributed by atoms with E-state index in [-0.39, 0.29) is 37.0 Å². The van der Waals surface area contributed by atoms with Crippen LogP contribution in [0.2, 0.25) is 0 Å². The van der Waals surface area contributed by atoms with E-state index in [9.17, 15) is 14.0 Å². The molecule has 3 rings (SSSR count). The van der Waals surface area contributed by atoms with Crippen LogP contribution in [-0.2, 0) is 11.2 Å². The van der Waals surface area contributed by atoms with Gasteiger partial charge in [0.05, 0.1) is 37.5 Å². The molecule has 5 N–H and O–H groups in total. The van der Waals surface area contributed by atoms with E-state index in [1.54, 1.807) is 0 Å². The highest BCUT2D eigenvalue weighted by atomic mass is 19.1. The van der Waals surface area contributed by atoms with E-state index in [1.807, 2.05) is 24.3 Å². The minimum atomic E-state index is -0.666. The highest BCUT2D eigenvalue weighted by molar-refractivity contribution is 6.38. The number of carbonyl (C=O) groups excluding carboxylic acids is 2. The van der Waals surface area contributed by atoms with Gasteiger partial charge in [-0.25, -0.2) is 9.40 Å². The molecule has 1 heterocycles. The standard InChI is InChI=1S/C24H29FN6O3/c1-3-15-4-6-16(7-5-15)22(21-13-29-21)30-24(33)20(26)14-31(27)11-10-28-23(32)18-12-17(34-2)8-9-19(18)25/h4-9,12,22,26H,3,10-11,13-14,27H2,1-2H3,(H,28,32)(H,30,33). The summed E-state index contributed by atoms with van der Waals surface area (Å²) in [5.74, 6) is 4.44. The Morgan fingerprint density at radius 3 is 2.59 bits per heavy atom. The van der Waals surface area contributed by atoms with E-state index in [0.717, 1.165) is 23.8 Å². The van der Waals surface area contributed by atoms with Gasteiger partial charge in [-0.2, -0.15) is 0 Å². The number of carbonyl (C=O) groups is 2. The number of halogens is 1. The number of hydrogen-bond acceptors (Lipinski definition) is 7. The molecule has 9 nitrogen and oxygen atoms in total. The molecule has 1 aliphatic rings. The topological polar surface area (TPSA) is 133 Å². The third-order valence-corrected chi connectivity index (χ3v) is 5.41. The lowest BCUT2D eigenvalue weighted by Gasteiger charge is -2.19. The summed E-state index contributed by atoms with van der Waals surface area (Å²) in [7, 11) is 1.43. The zero-order valence-corrected chi connectivity index (χ0v) is 19.2. The molecule has 0 saturated heterocycles. The SMILES string of the molecule is CCc1ccc(C(NC(=O)C(=N)CN(N)CCNC(=O)c2cc(OC)ccc2F)C2=NC2)cc1. The molecule has 1 aliphatic heterocycles. The molecule has 34 heavy (non-hydrogen) atoms. The van der Waals surface area contributed by atoms with E-state index >= 15 is 0 Å². The molecule has 1 atom stereocenters. The lowest BCUT2D eigenvalue weighted by atomic mass is 10.0. The number of aryl methyl sites for hydroxylation is 1. The summed E-state index contributed by atoms with van der Waals surface area (Å²) in [6.45, 7) is 2.79. The van der Waals surface area contributed by atoms with Crippen LogP contribution in [0.4, 0.5) is 4.39 Å². The number of rotatable bonds is 12. The number of hydrogen-bond donors (Lipinski definition) is 4. The Morgan fingerprint density at radius 2 is 1.97 bits per heavy atom. The number of hydrazine groups is 1. The molecule has 0 saturated carbocycles. The van der Waals surface area contributed by atoms with Crippen molar-refractivity contribution in [1.82, 2.24) is 15.6 Å². The average molecular weight is 469 g/mol. The first-order valence-electron chi connectivity index (χ1n) is 10.9. The first kappa shape index (κ1) is 25.0. The molecule has 2 amide bonds. The van der Waals surface area contributed by atoms with E-state index in [0.29, 0.717) is 12.3 Å². The van der Waals surface area contributed by atoms with Crippen LogP contribution in [0.5, 0.6) is 5.75 Å². The fourth-order valence-electron chi connectivity index (χ4n) is 3.32. The molecular formula is C24H29FN6O3. The van der Waals surface area contributed by atoms with Gasteiger partial charge in [0.2, 0.25) is 0 Å². The molecule has 1 unspecified atom stereocenters. The van der Waals surface area contributed by atoms with Crippen molar-refractivity contribution in [2.24, 2.45) is 10.8 Å². The number of benzene rings is 2. The molecule has 180 valence electrons. The van der Waals surface area contributed by atoms with Crippen LogP contribution in [0.1, 0.15) is 34.5 Å². The second kappa shape index (κ2) is 11.5. The quantitative estimate of drug-likeness (QED) is 0.214. The van der Waals surface area contributed by atoms with Crippen molar-refractivity contribution in [3.63, 3.8) is 0 Å². The van der Waals surface area contributed by atoms with Gasteiger partial charge in [0, 0.05) is 13.1 Å². The maximum Gasteiger partial charge on any atom is 0.267 e. The van der Waals surface area contributed by atoms with Gasteiger partial charge in [0.15, 0.2) is 0 Å². The minimum absolute atomic E-state index is 0.101. The van der Waals surface area contributed by atoms with Gasteiger partial charge >= 0.3 is 0 Å². The Hall–Kier alpha value is -3.63. The Bertz CT molecular complexity index is 1090. The maximum atomic E-state index is 13.9. The predicted molar refractivity (Wildman–Crippen MR) is 128 cm³/mol. The van der Waals surface area contributed by atoms with Crippen molar-refractivity contribution in [2.45, 2.75) is 19.4 Å². The number of aliphatic imine (C=N–C) groups is 1. The average Bonchev–Trinajstić information content (AvgIpc) is 3.68. The Labute approximate surface area is 197 Å². The molecular weight excluding hydrogens is 439 g/mol. The van der Waals surface area contributed by atoms with Gasteiger partial charge in [-0.1, -0.05) is 31.2 Å². The van der Waals surface area contributed by atoms with Crippen molar-refractivity contribution in [1.29, 1.82) is 5.41 Å². The van der Waals surface area contributed by atoms with Crippen LogP contribution in [0.25, 0.3) is 0 Å². The van der Waals surface area contributed by atoms with Gasteiger partial charge < -0.3 is 15.4 Å². The van der Waals surface area contributed by atoms with Crippen molar-refractivity contribution >= 4 is 23.2 Å². The minimum Gasteiger partial charge on any atom is -0.497 e. The molecule has 0 bridgehead atoms. The van der Waals surface area contributed by atoms with Gasteiger partial charge in [-0.15, -0.1) is 0 Å². The zero-order chi connectivity index (χ0) is 24.7. The fourth-order valence-corrected chi connectivity index (χ4v) is 3.32. The lowest BCUT2D eigenvalue weighted by Crippen LogP contribution is -2.46. The van der Waals surface area contributed by atoms with Gasteiger partial charge in [0.1, 0.15) is 17.3 Å². The lowest BCUT2D eigenvalue weighted by molar-refractivity contribution is -0.115. The van der Waals surface area contributed by atoms with Crippen LogP contribution in [0.15, 0.2) is 47.5 Å². The normalized spacial score (nSPS) is 13.1. The first-order valence-corrected chi connectivity index (χ1v) is 10.9. The summed E-state index contributed by atoms with van der Waals surface area (Å²) in [5, 5.41) is 14.8. The summed E-state index contributed by atoms with van der Waals surface area (Å²) in [6.07, 6.45) is 0.921. The number of nitrogens with zero attached hydrogens (tertiary/aromatic N) is 2. The van der Waals surface area contributed by atoms with E-state index in [1.165, 1.54) is 29.8 Å². The van der Waals surface area contributed by atoms with Crippen LogP contribution >= 0.6 is 0 Å². The monoisotopic (exact) mass is 468 g/mol. The predicted octanol–water partition coefficient (Wildman–Crippen LogP) is 1.63. The molecule has 0 radical (unpaired) electrons. The molecule has 0 spiro atoms. The second-order valence-electron chi connectivity index (χ2n) is 7.86.